The molecule has 1 spiro atoms. The van der Waals surface area contributed by atoms with Gasteiger partial charge in [-0.05, 0) is 62.5 Å². The van der Waals surface area contributed by atoms with Crippen LogP contribution >= 0.6 is 11.3 Å². The van der Waals surface area contributed by atoms with E-state index in [0.29, 0.717) is 17.9 Å². The molecule has 5 rings (SSSR count). The summed E-state index contributed by atoms with van der Waals surface area (Å²) in [6.45, 7) is 6.63. The summed E-state index contributed by atoms with van der Waals surface area (Å²) in [5.41, 5.74) is 1.51. The van der Waals surface area contributed by atoms with E-state index in [0.717, 1.165) is 64.1 Å². The van der Waals surface area contributed by atoms with Crippen molar-refractivity contribution < 1.29 is 9.53 Å². The number of ether oxygens (including phenoxy) is 1. The Bertz CT molecular complexity index is 697. The minimum absolute atomic E-state index is 0.00556. The number of nitrogens with zero attached hydrogens (tertiary/aromatic N) is 1. The van der Waals surface area contributed by atoms with Crippen LogP contribution in [0, 0.1) is 11.8 Å². The summed E-state index contributed by atoms with van der Waals surface area (Å²) >= 11 is 2.01. The zero-order valence-electron chi connectivity index (χ0n) is 16.5. The molecule has 1 aromatic rings. The van der Waals surface area contributed by atoms with Crippen LogP contribution in [0.15, 0.2) is 6.07 Å². The zero-order chi connectivity index (χ0) is 18.4. The molecular weight excluding hydrogens is 356 g/mol. The van der Waals surface area contributed by atoms with Crippen LogP contribution in [-0.2, 0) is 28.0 Å². The highest BCUT2D eigenvalue weighted by Gasteiger charge is 2.43. The predicted octanol–water partition coefficient (Wildman–Crippen LogP) is 3.48. The minimum atomic E-state index is -0.00556. The smallest absolute Gasteiger partial charge is 0.223 e. The maximum absolute atomic E-state index is 11.9. The molecule has 2 aliphatic heterocycles. The minimum Gasteiger partial charge on any atom is -0.370 e. The lowest BCUT2D eigenvalue weighted by Gasteiger charge is -2.46. The molecule has 1 aromatic heterocycles. The molecule has 4 nitrogen and oxygen atoms in total. The standard InChI is InChI=1S/C22H32N2O2S/c1-2-18-13-19-20(27-18)5-10-26-22(19)6-8-24(9-7-22)14-15-11-17(12-15)23-21(25)16-3-4-16/h13,15-17H,2-12,14H2,1H3,(H,23,25). The summed E-state index contributed by atoms with van der Waals surface area (Å²) in [6, 6.07) is 2.88. The topological polar surface area (TPSA) is 41.6 Å². The van der Waals surface area contributed by atoms with Gasteiger partial charge in [0.2, 0.25) is 5.91 Å². The van der Waals surface area contributed by atoms with Crippen molar-refractivity contribution in [3.05, 3.63) is 21.4 Å². The highest BCUT2D eigenvalue weighted by Crippen LogP contribution is 2.45. The first-order chi connectivity index (χ1) is 13.1. The number of hydrogen-bond donors (Lipinski definition) is 1. The highest BCUT2D eigenvalue weighted by molar-refractivity contribution is 7.12. The molecule has 0 atom stereocenters. The van der Waals surface area contributed by atoms with E-state index in [4.69, 9.17) is 4.74 Å². The van der Waals surface area contributed by atoms with Gasteiger partial charge in [0.25, 0.3) is 0 Å². The monoisotopic (exact) mass is 388 g/mol. The van der Waals surface area contributed by atoms with Gasteiger partial charge >= 0.3 is 0 Å². The SMILES string of the molecule is CCc1cc2c(s1)CCOC21CCN(CC2CC(NC(=O)C3CC3)C2)CC1. The Labute approximate surface area is 166 Å². The van der Waals surface area contributed by atoms with Crippen molar-refractivity contribution >= 4 is 17.2 Å². The predicted molar refractivity (Wildman–Crippen MR) is 108 cm³/mol. The van der Waals surface area contributed by atoms with Gasteiger partial charge in [-0.15, -0.1) is 11.3 Å². The normalized spacial score (nSPS) is 30.0. The van der Waals surface area contributed by atoms with Gasteiger partial charge in [0.1, 0.15) is 0 Å². The van der Waals surface area contributed by atoms with Crippen LogP contribution in [0.5, 0.6) is 0 Å². The first kappa shape index (κ1) is 18.1. The van der Waals surface area contributed by atoms with Gasteiger partial charge in [-0.1, -0.05) is 6.92 Å². The number of carbonyl (C=O) groups is 1. The summed E-state index contributed by atoms with van der Waals surface area (Å²) in [5, 5.41) is 3.23. The van der Waals surface area contributed by atoms with Crippen molar-refractivity contribution in [2.45, 2.75) is 69.9 Å². The van der Waals surface area contributed by atoms with Crippen molar-refractivity contribution in [1.29, 1.82) is 0 Å². The quantitative estimate of drug-likeness (QED) is 0.840. The summed E-state index contributed by atoms with van der Waals surface area (Å²) in [5.74, 6) is 1.41. The Morgan fingerprint density at radius 2 is 2.11 bits per heavy atom. The Kier molecular flexibility index (Phi) is 4.81. The van der Waals surface area contributed by atoms with E-state index in [1.807, 2.05) is 11.3 Å². The number of likely N-dealkylation sites (tertiary alicyclic amines) is 1. The highest BCUT2D eigenvalue weighted by atomic mass is 32.1. The number of hydrogen-bond acceptors (Lipinski definition) is 4. The molecule has 4 aliphatic rings. The second kappa shape index (κ2) is 7.16. The van der Waals surface area contributed by atoms with Crippen LogP contribution < -0.4 is 5.32 Å². The second-order valence-corrected chi connectivity index (χ2v) is 10.3. The van der Waals surface area contributed by atoms with E-state index < -0.39 is 0 Å². The average Bonchev–Trinajstić information content (AvgIpc) is 3.41. The molecule has 0 radical (unpaired) electrons. The number of carbonyl (C=O) groups excluding carboxylic acids is 1. The van der Waals surface area contributed by atoms with E-state index in [-0.39, 0.29) is 5.60 Å². The van der Waals surface area contributed by atoms with E-state index in [1.165, 1.54) is 29.8 Å². The third-order valence-electron chi connectivity index (χ3n) is 7.12. The number of thiophene rings is 1. The Morgan fingerprint density at radius 1 is 1.33 bits per heavy atom. The zero-order valence-corrected chi connectivity index (χ0v) is 17.3. The van der Waals surface area contributed by atoms with Crippen molar-refractivity contribution in [2.24, 2.45) is 11.8 Å². The van der Waals surface area contributed by atoms with E-state index >= 15 is 0 Å². The third-order valence-corrected chi connectivity index (χ3v) is 8.46. The van der Waals surface area contributed by atoms with E-state index in [1.54, 1.807) is 4.88 Å². The maximum Gasteiger partial charge on any atom is 0.223 e. The summed E-state index contributed by atoms with van der Waals surface area (Å²) < 4.78 is 6.41. The van der Waals surface area contributed by atoms with Crippen LogP contribution in [0.3, 0.4) is 0 Å². The van der Waals surface area contributed by atoms with Gasteiger partial charge in [-0.3, -0.25) is 4.79 Å². The Morgan fingerprint density at radius 3 is 2.81 bits per heavy atom. The van der Waals surface area contributed by atoms with Gasteiger partial charge in [-0.2, -0.15) is 0 Å². The first-order valence-corrected chi connectivity index (χ1v) is 11.8. The van der Waals surface area contributed by atoms with Crippen molar-refractivity contribution in [3.8, 4) is 0 Å². The second-order valence-electron chi connectivity index (χ2n) is 9.11. The lowest BCUT2D eigenvalue weighted by atomic mass is 9.78. The maximum atomic E-state index is 11.9. The molecule has 0 aromatic carbocycles. The third kappa shape index (κ3) is 3.58. The van der Waals surface area contributed by atoms with Gasteiger partial charge in [0.05, 0.1) is 12.2 Å². The molecule has 148 valence electrons. The number of amides is 1. The van der Waals surface area contributed by atoms with Crippen LogP contribution in [0.2, 0.25) is 0 Å². The molecule has 2 aliphatic carbocycles. The Hall–Kier alpha value is -0.910. The van der Waals surface area contributed by atoms with Gasteiger partial charge < -0.3 is 15.0 Å². The fraction of sp³-hybridized carbons (Fsp3) is 0.773. The molecule has 1 amide bonds. The largest absolute Gasteiger partial charge is 0.370 e. The van der Waals surface area contributed by atoms with E-state index in [9.17, 15) is 4.79 Å². The van der Waals surface area contributed by atoms with Crippen molar-refractivity contribution in [3.63, 3.8) is 0 Å². The van der Waals surface area contributed by atoms with Gasteiger partial charge in [-0.25, -0.2) is 0 Å². The molecule has 1 N–H and O–H groups in total. The number of rotatable bonds is 5. The molecule has 2 saturated carbocycles. The van der Waals surface area contributed by atoms with Crippen molar-refractivity contribution in [2.75, 3.05) is 26.2 Å². The van der Waals surface area contributed by atoms with E-state index in [2.05, 4.69) is 23.2 Å². The number of fused-ring (bicyclic) bond motifs is 2. The molecule has 0 unspecified atom stereocenters. The lowest BCUT2D eigenvalue weighted by molar-refractivity contribution is -0.124. The number of nitrogens with one attached hydrogen (secondary N) is 1. The number of piperidine rings is 1. The molecule has 27 heavy (non-hydrogen) atoms. The summed E-state index contributed by atoms with van der Waals surface area (Å²) in [6.07, 6.45) is 9.05. The summed E-state index contributed by atoms with van der Waals surface area (Å²) in [4.78, 5) is 17.6. The molecule has 0 bridgehead atoms. The van der Waals surface area contributed by atoms with Crippen LogP contribution in [0.1, 0.15) is 60.8 Å². The fourth-order valence-corrected chi connectivity index (χ4v) is 6.37. The number of aryl methyl sites for hydroxylation is 1. The van der Waals surface area contributed by atoms with Crippen LogP contribution in [0.4, 0.5) is 0 Å². The van der Waals surface area contributed by atoms with Crippen molar-refractivity contribution in [1.82, 2.24) is 10.2 Å². The van der Waals surface area contributed by atoms with Gasteiger partial charge in [0.15, 0.2) is 0 Å². The Balaban J connectivity index is 1.12. The molecule has 3 fully saturated rings. The molecule has 3 heterocycles. The molecule has 1 saturated heterocycles. The fourth-order valence-electron chi connectivity index (χ4n) is 5.19. The van der Waals surface area contributed by atoms with Gasteiger partial charge in [0, 0.05) is 47.8 Å². The summed E-state index contributed by atoms with van der Waals surface area (Å²) in [7, 11) is 0. The molecule has 5 heteroatoms. The van der Waals surface area contributed by atoms with Crippen LogP contribution in [-0.4, -0.2) is 43.1 Å². The molecular formula is C22H32N2O2S. The first-order valence-electron chi connectivity index (χ1n) is 10.9. The lowest BCUT2D eigenvalue weighted by Crippen LogP contribution is -2.51. The average molecular weight is 389 g/mol. The van der Waals surface area contributed by atoms with Crippen LogP contribution in [0.25, 0.3) is 0 Å².